The van der Waals surface area contributed by atoms with Crippen molar-refractivity contribution in [3.63, 3.8) is 0 Å². The Hall–Kier alpha value is -2.67. The normalized spacial score (nSPS) is 10.8. The number of primary amides is 1. The maximum atomic E-state index is 11.8. The van der Waals surface area contributed by atoms with E-state index in [1.807, 2.05) is 30.5 Å². The van der Waals surface area contributed by atoms with E-state index in [1.54, 1.807) is 24.0 Å². The van der Waals surface area contributed by atoms with E-state index in [0.717, 1.165) is 31.3 Å². The molecule has 0 spiro atoms. The van der Waals surface area contributed by atoms with Crippen LogP contribution in [-0.4, -0.2) is 33.9 Å². The number of imide groups is 1. The molecule has 0 aliphatic heterocycles. The van der Waals surface area contributed by atoms with Crippen molar-refractivity contribution in [1.82, 2.24) is 14.9 Å². The number of carbonyl (C=O) groups is 2. The minimum Gasteiger partial charge on any atom is -0.351 e. The van der Waals surface area contributed by atoms with E-state index in [-0.39, 0.29) is 12.3 Å². The van der Waals surface area contributed by atoms with Crippen LogP contribution in [0.4, 0.5) is 4.79 Å². The lowest BCUT2D eigenvalue weighted by molar-refractivity contribution is -0.126. The van der Waals surface area contributed by atoms with Gasteiger partial charge in [-0.1, -0.05) is 0 Å². The van der Waals surface area contributed by atoms with Crippen molar-refractivity contribution < 1.29 is 9.59 Å². The quantitative estimate of drug-likeness (QED) is 0.771. The number of thiophene rings is 1. The summed E-state index contributed by atoms with van der Waals surface area (Å²) >= 11 is 1.58. The van der Waals surface area contributed by atoms with Gasteiger partial charge in [0.05, 0.1) is 0 Å². The zero-order valence-electron chi connectivity index (χ0n) is 12.4. The SMILES string of the molecule is CN(C(N)=O)C(=O)C[CH]c1ccc(-c2c[nH]c3ncccc23)s1. The van der Waals surface area contributed by atoms with Gasteiger partial charge in [-0.2, -0.15) is 0 Å². The number of aromatic nitrogens is 2. The molecule has 0 aliphatic rings. The van der Waals surface area contributed by atoms with E-state index in [2.05, 4.69) is 9.97 Å². The number of nitrogens with zero attached hydrogens (tertiary/aromatic N) is 2. The van der Waals surface area contributed by atoms with Gasteiger partial charge in [0.1, 0.15) is 5.65 Å². The number of H-pyrrole nitrogens is 1. The van der Waals surface area contributed by atoms with Crippen LogP contribution in [0.25, 0.3) is 21.5 Å². The zero-order valence-corrected chi connectivity index (χ0v) is 13.3. The fourth-order valence-corrected chi connectivity index (χ4v) is 3.19. The molecule has 0 unspecified atom stereocenters. The topological polar surface area (TPSA) is 92.1 Å². The molecule has 0 atom stereocenters. The minimum absolute atomic E-state index is 0.134. The van der Waals surface area contributed by atoms with Gasteiger partial charge in [-0.3, -0.25) is 9.69 Å². The monoisotopic (exact) mass is 327 g/mol. The molecule has 6 nitrogen and oxygen atoms in total. The number of carbonyl (C=O) groups excluding carboxylic acids is 2. The molecule has 7 heteroatoms. The van der Waals surface area contributed by atoms with Crippen LogP contribution < -0.4 is 5.73 Å². The van der Waals surface area contributed by atoms with Crippen molar-refractivity contribution >= 4 is 34.3 Å². The summed E-state index contributed by atoms with van der Waals surface area (Å²) in [6.07, 6.45) is 5.61. The number of hydrogen-bond donors (Lipinski definition) is 2. The zero-order chi connectivity index (χ0) is 16.4. The van der Waals surface area contributed by atoms with Gasteiger partial charge in [-0.05, 0) is 24.3 Å². The lowest BCUT2D eigenvalue weighted by Crippen LogP contribution is -2.37. The van der Waals surface area contributed by atoms with Crippen molar-refractivity contribution in [3.8, 4) is 10.4 Å². The second-order valence-corrected chi connectivity index (χ2v) is 6.12. The molecule has 1 radical (unpaired) electrons. The third-order valence-corrected chi connectivity index (χ3v) is 4.64. The highest BCUT2D eigenvalue weighted by atomic mass is 32.1. The molecule has 3 aromatic heterocycles. The van der Waals surface area contributed by atoms with Crippen LogP contribution in [0.2, 0.25) is 0 Å². The van der Waals surface area contributed by atoms with Gasteiger partial charge in [0.2, 0.25) is 5.91 Å². The summed E-state index contributed by atoms with van der Waals surface area (Å²) in [7, 11) is 1.37. The maximum absolute atomic E-state index is 11.8. The molecule has 0 fully saturated rings. The van der Waals surface area contributed by atoms with E-state index in [0.29, 0.717) is 0 Å². The van der Waals surface area contributed by atoms with Gasteiger partial charge < -0.3 is 10.7 Å². The summed E-state index contributed by atoms with van der Waals surface area (Å²) in [5.74, 6) is -0.330. The standard InChI is InChI=1S/C16H15N4O2S/c1-20(16(17)22)14(21)7-5-10-4-6-13(23-10)12-9-19-15-11(12)3-2-8-18-15/h2-6,8-9H,7H2,1H3,(H2,17,22)(H,18,19). The molecule has 0 bridgehead atoms. The number of nitrogens with two attached hydrogens (primary N) is 1. The highest BCUT2D eigenvalue weighted by Crippen LogP contribution is 2.33. The molecule has 3 heterocycles. The van der Waals surface area contributed by atoms with E-state index < -0.39 is 6.03 Å². The highest BCUT2D eigenvalue weighted by molar-refractivity contribution is 7.15. The fraction of sp³-hybridized carbons (Fsp3) is 0.125. The summed E-state index contributed by atoms with van der Waals surface area (Å²) in [5, 5.41) is 1.06. The molecule has 23 heavy (non-hydrogen) atoms. The van der Waals surface area contributed by atoms with Crippen LogP contribution in [0.3, 0.4) is 0 Å². The average molecular weight is 327 g/mol. The third-order valence-electron chi connectivity index (χ3n) is 3.53. The first kappa shape index (κ1) is 15.2. The van der Waals surface area contributed by atoms with Crippen molar-refractivity contribution in [2.24, 2.45) is 5.73 Å². The van der Waals surface area contributed by atoms with Crippen LogP contribution in [0.1, 0.15) is 11.3 Å². The average Bonchev–Trinajstić information content (AvgIpc) is 3.18. The predicted molar refractivity (Wildman–Crippen MR) is 89.8 cm³/mol. The van der Waals surface area contributed by atoms with Crippen LogP contribution in [0.15, 0.2) is 36.7 Å². The van der Waals surface area contributed by atoms with E-state index >= 15 is 0 Å². The summed E-state index contributed by atoms with van der Waals surface area (Å²) in [6.45, 7) is 0. The Balaban J connectivity index is 1.74. The molecule has 3 amide bonds. The summed E-state index contributed by atoms with van der Waals surface area (Å²) < 4.78 is 0. The largest absolute Gasteiger partial charge is 0.351 e. The van der Waals surface area contributed by atoms with E-state index in [4.69, 9.17) is 5.73 Å². The van der Waals surface area contributed by atoms with Gasteiger partial charge in [0.25, 0.3) is 0 Å². The molecule has 117 valence electrons. The second kappa shape index (κ2) is 6.21. The number of urea groups is 1. The Labute approximate surface area is 136 Å². The number of amides is 3. The molecule has 0 saturated carbocycles. The van der Waals surface area contributed by atoms with Crippen molar-refractivity contribution in [2.75, 3.05) is 7.05 Å². The summed E-state index contributed by atoms with van der Waals surface area (Å²) in [6, 6.07) is 7.13. The Morgan fingerprint density at radius 2 is 2.22 bits per heavy atom. The van der Waals surface area contributed by atoms with Gasteiger partial charge in [-0.25, -0.2) is 9.78 Å². The number of fused-ring (bicyclic) bond motifs is 1. The highest BCUT2D eigenvalue weighted by Gasteiger charge is 2.15. The lowest BCUT2D eigenvalue weighted by Gasteiger charge is -2.10. The van der Waals surface area contributed by atoms with Crippen molar-refractivity contribution in [3.05, 3.63) is 48.0 Å². The van der Waals surface area contributed by atoms with Crippen LogP contribution >= 0.6 is 11.3 Å². The Morgan fingerprint density at radius 1 is 1.39 bits per heavy atom. The van der Waals surface area contributed by atoms with Crippen molar-refractivity contribution in [2.45, 2.75) is 6.42 Å². The molecule has 3 rings (SSSR count). The van der Waals surface area contributed by atoms with Crippen LogP contribution in [0, 0.1) is 6.42 Å². The summed E-state index contributed by atoms with van der Waals surface area (Å²) in [5.41, 5.74) is 7.00. The molecule has 0 saturated heterocycles. The number of rotatable bonds is 4. The van der Waals surface area contributed by atoms with E-state index in [9.17, 15) is 9.59 Å². The predicted octanol–water partition coefficient (Wildman–Crippen LogP) is 2.77. The molecular weight excluding hydrogens is 312 g/mol. The first-order chi connectivity index (χ1) is 11.1. The smallest absolute Gasteiger partial charge is 0.321 e. The maximum Gasteiger partial charge on any atom is 0.321 e. The Bertz CT molecular complexity index is 868. The Morgan fingerprint density at radius 3 is 3.00 bits per heavy atom. The van der Waals surface area contributed by atoms with Crippen molar-refractivity contribution in [1.29, 1.82) is 0 Å². The van der Waals surface area contributed by atoms with Crippen LogP contribution in [-0.2, 0) is 4.79 Å². The Kier molecular flexibility index (Phi) is 4.12. The van der Waals surface area contributed by atoms with Gasteiger partial charge >= 0.3 is 6.03 Å². The molecule has 3 N–H and O–H groups in total. The van der Waals surface area contributed by atoms with Crippen LogP contribution in [0.5, 0.6) is 0 Å². The van der Waals surface area contributed by atoms with E-state index in [1.165, 1.54) is 7.05 Å². The molecule has 0 aliphatic carbocycles. The molecule has 3 aromatic rings. The van der Waals surface area contributed by atoms with Gasteiger partial charge in [0, 0.05) is 53.0 Å². The second-order valence-electron chi connectivity index (χ2n) is 5.00. The number of pyridine rings is 1. The molecule has 0 aromatic carbocycles. The van der Waals surface area contributed by atoms with Gasteiger partial charge in [-0.15, -0.1) is 11.3 Å². The lowest BCUT2D eigenvalue weighted by atomic mass is 10.2. The first-order valence-corrected chi connectivity index (χ1v) is 7.79. The molecular formula is C16H15N4O2S. The van der Waals surface area contributed by atoms with Gasteiger partial charge in [0.15, 0.2) is 0 Å². The fourth-order valence-electron chi connectivity index (χ4n) is 2.21. The third kappa shape index (κ3) is 3.09. The number of nitrogens with one attached hydrogen (secondary N) is 1. The number of aromatic amines is 1. The minimum atomic E-state index is -0.749. The summed E-state index contributed by atoms with van der Waals surface area (Å²) in [4.78, 5) is 33.1. The number of hydrogen-bond acceptors (Lipinski definition) is 4. The first-order valence-electron chi connectivity index (χ1n) is 6.98.